The van der Waals surface area contributed by atoms with Crippen molar-refractivity contribution in [3.05, 3.63) is 34.9 Å². The van der Waals surface area contributed by atoms with Crippen LogP contribution in [0.5, 0.6) is 0 Å². The number of aromatic carboxylic acids is 1. The predicted octanol–water partition coefficient (Wildman–Crippen LogP) is 3.41. The lowest BCUT2D eigenvalue weighted by Crippen LogP contribution is -2.39. The second kappa shape index (κ2) is 7.65. The second-order valence-electron chi connectivity index (χ2n) is 8.34. The highest BCUT2D eigenvalue weighted by molar-refractivity contribution is 5.95. The number of likely N-dealkylation sites (tertiary alicyclic amines) is 1. The molecule has 4 rings (SSSR count). The van der Waals surface area contributed by atoms with Crippen molar-refractivity contribution in [2.24, 2.45) is 0 Å². The molecule has 1 atom stereocenters. The molecule has 2 aliphatic rings. The van der Waals surface area contributed by atoms with Crippen LogP contribution in [-0.4, -0.2) is 54.5 Å². The van der Waals surface area contributed by atoms with Gasteiger partial charge in [0.2, 0.25) is 0 Å². The number of amides is 1. The Morgan fingerprint density at radius 1 is 1.14 bits per heavy atom. The van der Waals surface area contributed by atoms with Crippen molar-refractivity contribution in [1.82, 2.24) is 24.5 Å². The largest absolute Gasteiger partial charge is 0.478 e. The average Bonchev–Trinajstić information content (AvgIpc) is 3.34. The molecule has 2 fully saturated rings. The first-order valence-electron chi connectivity index (χ1n) is 10.6. The molecular weight excluding hydrogens is 370 g/mol. The Bertz CT molecular complexity index is 919. The zero-order valence-corrected chi connectivity index (χ0v) is 17.3. The van der Waals surface area contributed by atoms with Crippen molar-refractivity contribution in [2.75, 3.05) is 13.1 Å². The van der Waals surface area contributed by atoms with Gasteiger partial charge in [0.15, 0.2) is 0 Å². The SMILES string of the molecule is CCC(C)n1ncc(C(=O)N2CCC(n3ncc(C(=O)O)c3C)CC2)c1C1CC1. The summed E-state index contributed by atoms with van der Waals surface area (Å²) in [4.78, 5) is 26.4. The minimum absolute atomic E-state index is 0.0725. The highest BCUT2D eigenvalue weighted by atomic mass is 16.4. The van der Waals surface area contributed by atoms with E-state index in [-0.39, 0.29) is 17.5 Å². The number of hydrogen-bond donors (Lipinski definition) is 1. The van der Waals surface area contributed by atoms with Crippen LogP contribution >= 0.6 is 0 Å². The van der Waals surface area contributed by atoms with E-state index in [1.165, 1.54) is 6.20 Å². The van der Waals surface area contributed by atoms with Gasteiger partial charge in [0.05, 0.1) is 35.4 Å². The van der Waals surface area contributed by atoms with E-state index in [0.29, 0.717) is 30.7 Å². The maximum Gasteiger partial charge on any atom is 0.339 e. The molecule has 0 aromatic carbocycles. The van der Waals surface area contributed by atoms with Crippen molar-refractivity contribution < 1.29 is 14.7 Å². The number of rotatable bonds is 6. The first-order valence-corrected chi connectivity index (χ1v) is 10.6. The summed E-state index contributed by atoms with van der Waals surface area (Å²) in [5.41, 5.74) is 2.79. The minimum Gasteiger partial charge on any atom is -0.478 e. The Kier molecular flexibility index (Phi) is 5.19. The Labute approximate surface area is 170 Å². The summed E-state index contributed by atoms with van der Waals surface area (Å²) < 4.78 is 3.86. The lowest BCUT2D eigenvalue weighted by Gasteiger charge is -2.32. The number of carboxylic acid groups (broad SMARTS) is 1. The molecule has 1 unspecified atom stereocenters. The van der Waals surface area contributed by atoms with Crippen LogP contribution in [0.4, 0.5) is 0 Å². The van der Waals surface area contributed by atoms with E-state index in [4.69, 9.17) is 0 Å². The van der Waals surface area contributed by atoms with Gasteiger partial charge in [-0.15, -0.1) is 0 Å². The minimum atomic E-state index is -0.952. The maximum absolute atomic E-state index is 13.3. The van der Waals surface area contributed by atoms with Crippen molar-refractivity contribution >= 4 is 11.9 Å². The van der Waals surface area contributed by atoms with Crippen LogP contribution in [-0.2, 0) is 0 Å². The number of aromatic nitrogens is 4. The fraction of sp³-hybridized carbons (Fsp3) is 0.619. The number of hydrogen-bond acceptors (Lipinski definition) is 4. The van der Waals surface area contributed by atoms with E-state index in [1.54, 1.807) is 13.1 Å². The molecule has 2 aromatic heterocycles. The van der Waals surface area contributed by atoms with Crippen LogP contribution < -0.4 is 0 Å². The van der Waals surface area contributed by atoms with Gasteiger partial charge in [0, 0.05) is 25.0 Å². The van der Waals surface area contributed by atoms with Gasteiger partial charge in [-0.3, -0.25) is 14.2 Å². The zero-order valence-electron chi connectivity index (χ0n) is 17.3. The summed E-state index contributed by atoms with van der Waals surface area (Å²) in [6, 6.07) is 0.419. The Morgan fingerprint density at radius 2 is 1.79 bits per heavy atom. The first-order chi connectivity index (χ1) is 13.9. The monoisotopic (exact) mass is 399 g/mol. The van der Waals surface area contributed by atoms with Crippen molar-refractivity contribution in [2.45, 2.75) is 70.9 Å². The quantitative estimate of drug-likeness (QED) is 0.803. The molecule has 156 valence electrons. The van der Waals surface area contributed by atoms with E-state index in [1.807, 2.05) is 9.58 Å². The van der Waals surface area contributed by atoms with Gasteiger partial charge in [-0.05, 0) is 46.0 Å². The molecule has 8 heteroatoms. The maximum atomic E-state index is 13.3. The zero-order chi connectivity index (χ0) is 20.7. The molecule has 1 aliphatic heterocycles. The van der Waals surface area contributed by atoms with Gasteiger partial charge in [0.1, 0.15) is 5.56 Å². The van der Waals surface area contributed by atoms with E-state index in [2.05, 4.69) is 28.7 Å². The van der Waals surface area contributed by atoms with Crippen LogP contribution in [0.15, 0.2) is 12.4 Å². The highest BCUT2D eigenvalue weighted by Gasteiger charge is 2.35. The molecule has 1 saturated carbocycles. The van der Waals surface area contributed by atoms with Gasteiger partial charge in [-0.2, -0.15) is 10.2 Å². The molecule has 1 N–H and O–H groups in total. The molecule has 1 aliphatic carbocycles. The number of carbonyl (C=O) groups is 2. The third-order valence-electron chi connectivity index (χ3n) is 6.41. The summed E-state index contributed by atoms with van der Waals surface area (Å²) in [5, 5.41) is 18.1. The van der Waals surface area contributed by atoms with E-state index < -0.39 is 5.97 Å². The van der Waals surface area contributed by atoms with Crippen LogP contribution in [0.3, 0.4) is 0 Å². The third-order valence-corrected chi connectivity index (χ3v) is 6.41. The lowest BCUT2D eigenvalue weighted by molar-refractivity contribution is 0.0686. The predicted molar refractivity (Wildman–Crippen MR) is 107 cm³/mol. The van der Waals surface area contributed by atoms with E-state index >= 15 is 0 Å². The van der Waals surface area contributed by atoms with Crippen LogP contribution in [0.2, 0.25) is 0 Å². The van der Waals surface area contributed by atoms with Gasteiger partial charge in [-0.25, -0.2) is 4.79 Å². The van der Waals surface area contributed by atoms with Crippen LogP contribution in [0, 0.1) is 6.92 Å². The molecule has 1 saturated heterocycles. The number of carbonyl (C=O) groups excluding carboxylic acids is 1. The highest BCUT2D eigenvalue weighted by Crippen LogP contribution is 2.43. The van der Waals surface area contributed by atoms with E-state index in [0.717, 1.165) is 43.4 Å². The molecule has 8 nitrogen and oxygen atoms in total. The van der Waals surface area contributed by atoms with Crippen molar-refractivity contribution in [1.29, 1.82) is 0 Å². The molecule has 29 heavy (non-hydrogen) atoms. The second-order valence-corrected chi connectivity index (χ2v) is 8.34. The molecular formula is C21H29N5O3. The Balaban J connectivity index is 1.47. The topological polar surface area (TPSA) is 93.3 Å². The summed E-state index contributed by atoms with van der Waals surface area (Å²) in [6.45, 7) is 7.37. The fourth-order valence-electron chi connectivity index (χ4n) is 4.31. The molecule has 0 spiro atoms. The summed E-state index contributed by atoms with van der Waals surface area (Å²) in [5.74, 6) is -0.417. The van der Waals surface area contributed by atoms with Gasteiger partial charge >= 0.3 is 5.97 Å². The third kappa shape index (κ3) is 3.56. The van der Waals surface area contributed by atoms with Gasteiger partial charge in [-0.1, -0.05) is 6.92 Å². The van der Waals surface area contributed by atoms with Crippen molar-refractivity contribution in [3.63, 3.8) is 0 Å². The average molecular weight is 399 g/mol. The molecule has 3 heterocycles. The molecule has 2 aromatic rings. The number of nitrogens with zero attached hydrogens (tertiary/aromatic N) is 5. The Hall–Kier alpha value is -2.64. The number of piperidine rings is 1. The standard InChI is InChI=1S/C21H29N5O3/c1-4-13(2)25-19(15-5-6-15)18(12-22-25)20(27)24-9-7-16(8-10-24)26-14(3)17(11-23-26)21(28)29/h11-13,15-16H,4-10H2,1-3H3,(H,28,29). The van der Waals surface area contributed by atoms with Gasteiger partial charge in [0.25, 0.3) is 5.91 Å². The molecule has 0 radical (unpaired) electrons. The summed E-state index contributed by atoms with van der Waals surface area (Å²) >= 11 is 0. The molecule has 0 bridgehead atoms. The lowest BCUT2D eigenvalue weighted by atomic mass is 10.0. The van der Waals surface area contributed by atoms with Crippen LogP contribution in [0.1, 0.15) is 96.1 Å². The normalized spacial score (nSPS) is 18.8. The molecule has 1 amide bonds. The Morgan fingerprint density at radius 3 is 2.34 bits per heavy atom. The van der Waals surface area contributed by atoms with Gasteiger partial charge < -0.3 is 10.0 Å². The summed E-state index contributed by atoms with van der Waals surface area (Å²) in [6.07, 6.45) is 7.97. The van der Waals surface area contributed by atoms with Crippen LogP contribution in [0.25, 0.3) is 0 Å². The van der Waals surface area contributed by atoms with Crippen molar-refractivity contribution in [3.8, 4) is 0 Å². The van der Waals surface area contributed by atoms with E-state index in [9.17, 15) is 14.7 Å². The fourth-order valence-corrected chi connectivity index (χ4v) is 4.31. The first kappa shape index (κ1) is 19.7. The number of carboxylic acids is 1. The smallest absolute Gasteiger partial charge is 0.339 e. The summed E-state index contributed by atoms with van der Waals surface area (Å²) in [7, 11) is 0.